The minimum absolute atomic E-state index is 0.147. The number of thioether (sulfide) groups is 1. The second-order valence-electron chi connectivity index (χ2n) is 5.85. The SMILES string of the molecule is Cc1ccc(SCCC(=O)NCCCc2cccc(C)c2)cc1. The molecule has 0 aromatic heterocycles. The van der Waals surface area contributed by atoms with Gasteiger partial charge in [0, 0.05) is 23.6 Å². The highest BCUT2D eigenvalue weighted by atomic mass is 32.2. The summed E-state index contributed by atoms with van der Waals surface area (Å²) < 4.78 is 0. The van der Waals surface area contributed by atoms with Crippen molar-refractivity contribution < 1.29 is 4.79 Å². The van der Waals surface area contributed by atoms with Crippen LogP contribution in [0.3, 0.4) is 0 Å². The average molecular weight is 327 g/mol. The van der Waals surface area contributed by atoms with E-state index in [2.05, 4.69) is 67.7 Å². The molecule has 23 heavy (non-hydrogen) atoms. The third-order valence-corrected chi connectivity index (χ3v) is 4.68. The second kappa shape index (κ2) is 9.41. The summed E-state index contributed by atoms with van der Waals surface area (Å²) in [4.78, 5) is 13.1. The smallest absolute Gasteiger partial charge is 0.220 e. The number of nitrogens with one attached hydrogen (secondary N) is 1. The minimum atomic E-state index is 0.147. The summed E-state index contributed by atoms with van der Waals surface area (Å²) in [6.07, 6.45) is 2.57. The van der Waals surface area contributed by atoms with Crippen molar-refractivity contribution in [2.75, 3.05) is 12.3 Å². The highest BCUT2D eigenvalue weighted by molar-refractivity contribution is 7.99. The summed E-state index contributed by atoms with van der Waals surface area (Å²) in [5.41, 5.74) is 3.90. The van der Waals surface area contributed by atoms with E-state index in [1.807, 2.05) is 0 Å². The molecule has 122 valence electrons. The number of rotatable bonds is 8. The fraction of sp³-hybridized carbons (Fsp3) is 0.350. The van der Waals surface area contributed by atoms with Crippen molar-refractivity contribution in [3.8, 4) is 0 Å². The number of carbonyl (C=O) groups excluding carboxylic acids is 1. The van der Waals surface area contributed by atoms with E-state index in [-0.39, 0.29) is 5.91 Å². The van der Waals surface area contributed by atoms with Gasteiger partial charge >= 0.3 is 0 Å². The maximum atomic E-state index is 11.8. The number of aryl methyl sites for hydroxylation is 3. The molecule has 1 N–H and O–H groups in total. The van der Waals surface area contributed by atoms with Crippen LogP contribution in [0.25, 0.3) is 0 Å². The van der Waals surface area contributed by atoms with Gasteiger partial charge in [0.2, 0.25) is 5.91 Å². The first kappa shape index (κ1) is 17.6. The van der Waals surface area contributed by atoms with Crippen molar-refractivity contribution in [1.29, 1.82) is 0 Å². The molecule has 0 saturated carbocycles. The molecule has 0 aliphatic rings. The summed E-state index contributed by atoms with van der Waals surface area (Å²) in [5.74, 6) is 0.973. The molecule has 0 bridgehead atoms. The van der Waals surface area contributed by atoms with Gasteiger partial charge < -0.3 is 5.32 Å². The van der Waals surface area contributed by atoms with Gasteiger partial charge in [-0.3, -0.25) is 4.79 Å². The summed E-state index contributed by atoms with van der Waals surface area (Å²) in [7, 11) is 0. The zero-order valence-electron chi connectivity index (χ0n) is 14.0. The third kappa shape index (κ3) is 6.91. The van der Waals surface area contributed by atoms with E-state index in [1.165, 1.54) is 21.6 Å². The molecule has 0 aliphatic carbocycles. The third-order valence-electron chi connectivity index (χ3n) is 3.67. The lowest BCUT2D eigenvalue weighted by Gasteiger charge is -2.06. The van der Waals surface area contributed by atoms with Crippen molar-refractivity contribution in [2.24, 2.45) is 0 Å². The van der Waals surface area contributed by atoms with Gasteiger partial charge in [-0.25, -0.2) is 0 Å². The van der Waals surface area contributed by atoms with Crippen molar-refractivity contribution in [1.82, 2.24) is 5.32 Å². The molecule has 0 saturated heterocycles. The van der Waals surface area contributed by atoms with Crippen LogP contribution in [0.4, 0.5) is 0 Å². The lowest BCUT2D eigenvalue weighted by molar-refractivity contribution is -0.120. The Morgan fingerprint density at radius 1 is 1.04 bits per heavy atom. The molecule has 3 heteroatoms. The van der Waals surface area contributed by atoms with E-state index in [9.17, 15) is 4.79 Å². The van der Waals surface area contributed by atoms with Crippen LogP contribution in [0.15, 0.2) is 53.4 Å². The normalized spacial score (nSPS) is 10.5. The first-order chi connectivity index (χ1) is 11.1. The van der Waals surface area contributed by atoms with Crippen LogP contribution in [0, 0.1) is 13.8 Å². The largest absolute Gasteiger partial charge is 0.356 e. The minimum Gasteiger partial charge on any atom is -0.356 e. The van der Waals surface area contributed by atoms with Crippen LogP contribution in [0.2, 0.25) is 0 Å². The lowest BCUT2D eigenvalue weighted by atomic mass is 10.1. The predicted octanol–water partition coefficient (Wildman–Crippen LogP) is 4.53. The zero-order chi connectivity index (χ0) is 16.5. The Labute approximate surface area is 143 Å². The predicted molar refractivity (Wildman–Crippen MR) is 99.0 cm³/mol. The fourth-order valence-corrected chi connectivity index (χ4v) is 3.22. The molecule has 2 nitrogen and oxygen atoms in total. The first-order valence-corrected chi connectivity index (χ1v) is 9.14. The Morgan fingerprint density at radius 3 is 2.57 bits per heavy atom. The van der Waals surface area contributed by atoms with Gasteiger partial charge in [0.05, 0.1) is 0 Å². The molecule has 0 heterocycles. The van der Waals surface area contributed by atoms with Crippen molar-refractivity contribution in [2.45, 2.75) is 38.0 Å². The van der Waals surface area contributed by atoms with E-state index >= 15 is 0 Å². The topological polar surface area (TPSA) is 29.1 Å². The number of carbonyl (C=O) groups is 1. The Bertz CT molecular complexity index is 622. The van der Waals surface area contributed by atoms with Gasteiger partial charge in [-0.1, -0.05) is 47.5 Å². The molecule has 1 amide bonds. The summed E-state index contributed by atoms with van der Waals surface area (Å²) in [6, 6.07) is 17.0. The molecular formula is C20H25NOS. The molecule has 0 atom stereocenters. The van der Waals surface area contributed by atoms with Gasteiger partial charge in [0.1, 0.15) is 0 Å². The number of hydrogen-bond donors (Lipinski definition) is 1. The fourth-order valence-electron chi connectivity index (χ4n) is 2.37. The first-order valence-electron chi connectivity index (χ1n) is 8.15. The highest BCUT2D eigenvalue weighted by Gasteiger charge is 2.02. The van der Waals surface area contributed by atoms with Crippen LogP contribution in [-0.4, -0.2) is 18.2 Å². The molecule has 0 spiro atoms. The van der Waals surface area contributed by atoms with Crippen LogP contribution in [0.1, 0.15) is 29.5 Å². The van der Waals surface area contributed by atoms with E-state index < -0.39 is 0 Å². The molecule has 0 unspecified atom stereocenters. The van der Waals surface area contributed by atoms with Gasteiger partial charge in [-0.2, -0.15) is 0 Å². The van der Waals surface area contributed by atoms with Gasteiger partial charge in [0.15, 0.2) is 0 Å². The molecular weight excluding hydrogens is 302 g/mol. The number of amides is 1. The average Bonchev–Trinajstić information content (AvgIpc) is 2.54. The maximum absolute atomic E-state index is 11.8. The van der Waals surface area contributed by atoms with E-state index in [4.69, 9.17) is 0 Å². The monoisotopic (exact) mass is 327 g/mol. The van der Waals surface area contributed by atoms with E-state index in [1.54, 1.807) is 11.8 Å². The van der Waals surface area contributed by atoms with Gasteiger partial charge in [-0.15, -0.1) is 11.8 Å². The number of hydrogen-bond acceptors (Lipinski definition) is 2. The number of benzene rings is 2. The quantitative estimate of drug-likeness (QED) is 0.570. The molecule has 2 aromatic rings. The van der Waals surface area contributed by atoms with Crippen LogP contribution >= 0.6 is 11.8 Å². The summed E-state index contributed by atoms with van der Waals surface area (Å²) in [6.45, 7) is 4.94. The van der Waals surface area contributed by atoms with E-state index in [0.717, 1.165) is 25.1 Å². The zero-order valence-corrected chi connectivity index (χ0v) is 14.8. The highest BCUT2D eigenvalue weighted by Crippen LogP contribution is 2.18. The van der Waals surface area contributed by atoms with Crippen molar-refractivity contribution >= 4 is 17.7 Å². The Morgan fingerprint density at radius 2 is 1.83 bits per heavy atom. The van der Waals surface area contributed by atoms with Crippen LogP contribution in [-0.2, 0) is 11.2 Å². The van der Waals surface area contributed by atoms with E-state index in [0.29, 0.717) is 6.42 Å². The standard InChI is InChI=1S/C20H25NOS/c1-16-8-10-19(11-9-16)23-14-12-20(22)21-13-4-7-18-6-3-5-17(2)15-18/h3,5-6,8-11,15H,4,7,12-14H2,1-2H3,(H,21,22). The van der Waals surface area contributed by atoms with Gasteiger partial charge in [0.25, 0.3) is 0 Å². The molecule has 0 fully saturated rings. The second-order valence-corrected chi connectivity index (χ2v) is 7.02. The molecule has 0 radical (unpaired) electrons. The summed E-state index contributed by atoms with van der Waals surface area (Å²) >= 11 is 1.73. The Kier molecular flexibility index (Phi) is 7.21. The maximum Gasteiger partial charge on any atom is 0.220 e. The molecule has 0 aliphatic heterocycles. The summed E-state index contributed by atoms with van der Waals surface area (Å²) in [5, 5.41) is 3.01. The van der Waals surface area contributed by atoms with Crippen molar-refractivity contribution in [3.63, 3.8) is 0 Å². The van der Waals surface area contributed by atoms with Crippen LogP contribution in [0.5, 0.6) is 0 Å². The Balaban J connectivity index is 1.57. The lowest BCUT2D eigenvalue weighted by Crippen LogP contribution is -2.24. The molecule has 2 rings (SSSR count). The van der Waals surface area contributed by atoms with Gasteiger partial charge in [-0.05, 0) is 44.4 Å². The van der Waals surface area contributed by atoms with Crippen molar-refractivity contribution in [3.05, 3.63) is 65.2 Å². The van der Waals surface area contributed by atoms with Crippen LogP contribution < -0.4 is 5.32 Å². The Hall–Kier alpha value is -1.74. The molecule has 2 aromatic carbocycles.